The van der Waals surface area contributed by atoms with Crippen molar-refractivity contribution in [1.29, 1.82) is 0 Å². The third-order valence-electron chi connectivity index (χ3n) is 5.98. The Labute approximate surface area is 222 Å². The lowest BCUT2D eigenvalue weighted by Crippen LogP contribution is -2.06. The van der Waals surface area contributed by atoms with Gasteiger partial charge in [-0.05, 0) is 65.7 Å². The number of hydrogen-bond acceptors (Lipinski definition) is 5. The van der Waals surface area contributed by atoms with Gasteiger partial charge in [-0.15, -0.1) is 0 Å². The van der Waals surface area contributed by atoms with Crippen molar-refractivity contribution in [3.8, 4) is 23.0 Å². The van der Waals surface area contributed by atoms with Crippen molar-refractivity contribution in [2.24, 2.45) is 0 Å². The van der Waals surface area contributed by atoms with Crippen LogP contribution in [0.3, 0.4) is 0 Å². The van der Waals surface area contributed by atoms with Gasteiger partial charge in [0.1, 0.15) is 28.3 Å². The first-order chi connectivity index (χ1) is 18.5. The standard InChI is InChI=1S/C30H25FN2O4S/c1-35-29-18-26-20(13-14-32-28(26)19-30(29)36-2)15-21-11-12-22(16-27(21)31)33-38(34)25-10-6-9-24(17-25)37-23-7-4-3-5-8-23/h3-14,16-19,33H,15H2,1-2H3. The Hall–Kier alpha value is -4.43. The number of anilines is 1. The largest absolute Gasteiger partial charge is 0.493 e. The first-order valence-electron chi connectivity index (χ1n) is 11.8. The van der Waals surface area contributed by atoms with Crippen LogP contribution in [0.1, 0.15) is 11.1 Å². The van der Waals surface area contributed by atoms with Gasteiger partial charge < -0.3 is 18.9 Å². The molecule has 0 aliphatic heterocycles. The van der Waals surface area contributed by atoms with Crippen molar-refractivity contribution < 1.29 is 22.8 Å². The third-order valence-corrected chi connectivity index (χ3v) is 7.08. The van der Waals surface area contributed by atoms with Crippen molar-refractivity contribution in [3.05, 3.63) is 114 Å². The molecule has 5 rings (SSSR count). The fraction of sp³-hybridized carbons (Fsp3) is 0.100. The molecule has 0 saturated carbocycles. The van der Waals surface area contributed by atoms with Gasteiger partial charge in [-0.2, -0.15) is 0 Å². The van der Waals surface area contributed by atoms with Crippen LogP contribution in [0.15, 0.2) is 102 Å². The van der Waals surface area contributed by atoms with Crippen LogP contribution >= 0.6 is 0 Å². The fourth-order valence-electron chi connectivity index (χ4n) is 4.09. The summed E-state index contributed by atoms with van der Waals surface area (Å²) >= 11 is 0. The molecule has 8 heteroatoms. The van der Waals surface area contributed by atoms with Crippen LogP contribution in [0.5, 0.6) is 23.0 Å². The lowest BCUT2D eigenvalue weighted by Gasteiger charge is -2.13. The summed E-state index contributed by atoms with van der Waals surface area (Å²) < 4.78 is 47.6. The van der Waals surface area contributed by atoms with Crippen LogP contribution < -0.4 is 18.9 Å². The van der Waals surface area contributed by atoms with E-state index in [9.17, 15) is 4.21 Å². The fourth-order valence-corrected chi connectivity index (χ4v) is 4.97. The van der Waals surface area contributed by atoms with E-state index in [1.165, 1.54) is 6.07 Å². The predicted molar refractivity (Wildman–Crippen MR) is 147 cm³/mol. The molecule has 1 unspecified atom stereocenters. The Kier molecular flexibility index (Phi) is 7.51. The van der Waals surface area contributed by atoms with Crippen molar-refractivity contribution in [2.75, 3.05) is 18.9 Å². The molecule has 6 nitrogen and oxygen atoms in total. The highest BCUT2D eigenvalue weighted by molar-refractivity contribution is 7.86. The first-order valence-corrected chi connectivity index (χ1v) is 13.0. The number of rotatable bonds is 9. The number of hydrogen-bond donors (Lipinski definition) is 1. The maximum absolute atomic E-state index is 15.1. The van der Waals surface area contributed by atoms with E-state index in [2.05, 4.69) is 9.71 Å². The lowest BCUT2D eigenvalue weighted by molar-refractivity contribution is 0.356. The molecule has 0 spiro atoms. The Balaban J connectivity index is 1.32. The monoisotopic (exact) mass is 528 g/mol. The van der Waals surface area contributed by atoms with Crippen LogP contribution in [0.4, 0.5) is 10.1 Å². The first kappa shape index (κ1) is 25.2. The molecule has 0 fully saturated rings. The molecule has 1 atom stereocenters. The number of ether oxygens (including phenoxy) is 3. The summed E-state index contributed by atoms with van der Waals surface area (Å²) in [5, 5.41) is 0.852. The van der Waals surface area contributed by atoms with Gasteiger partial charge >= 0.3 is 0 Å². The van der Waals surface area contributed by atoms with Crippen LogP contribution in [0.25, 0.3) is 10.9 Å². The maximum atomic E-state index is 15.1. The van der Waals surface area contributed by atoms with Gasteiger partial charge in [0.15, 0.2) is 11.5 Å². The van der Waals surface area contributed by atoms with E-state index in [4.69, 9.17) is 14.2 Å². The summed E-state index contributed by atoms with van der Waals surface area (Å²) in [6.45, 7) is 0. The molecule has 1 aromatic heterocycles. The second-order valence-electron chi connectivity index (χ2n) is 8.44. The zero-order valence-electron chi connectivity index (χ0n) is 20.8. The molecular formula is C30H25FN2O4S. The van der Waals surface area contributed by atoms with E-state index in [1.807, 2.05) is 42.5 Å². The van der Waals surface area contributed by atoms with Crippen LogP contribution in [-0.2, 0) is 17.4 Å². The van der Waals surface area contributed by atoms with Gasteiger partial charge in [-0.1, -0.05) is 30.3 Å². The molecule has 0 radical (unpaired) electrons. The lowest BCUT2D eigenvalue weighted by atomic mass is 10.00. The van der Waals surface area contributed by atoms with Crippen LogP contribution in [-0.4, -0.2) is 23.4 Å². The Morgan fingerprint density at radius 1 is 0.816 bits per heavy atom. The second kappa shape index (κ2) is 11.3. The van der Waals surface area contributed by atoms with E-state index < -0.39 is 16.8 Å². The van der Waals surface area contributed by atoms with Crippen LogP contribution in [0.2, 0.25) is 0 Å². The van der Waals surface area contributed by atoms with Crippen molar-refractivity contribution in [2.45, 2.75) is 11.3 Å². The topological polar surface area (TPSA) is 69.7 Å². The Morgan fingerprint density at radius 3 is 2.34 bits per heavy atom. The number of benzene rings is 4. The van der Waals surface area contributed by atoms with Gasteiger partial charge in [0, 0.05) is 29.8 Å². The molecule has 0 amide bonds. The number of aromatic nitrogens is 1. The van der Waals surface area contributed by atoms with Gasteiger partial charge in [-0.25, -0.2) is 8.60 Å². The summed E-state index contributed by atoms with van der Waals surface area (Å²) in [6.07, 6.45) is 2.04. The third kappa shape index (κ3) is 5.60. The zero-order chi connectivity index (χ0) is 26.5. The van der Waals surface area contributed by atoms with Crippen LogP contribution in [0, 0.1) is 5.82 Å². The average Bonchev–Trinajstić information content (AvgIpc) is 2.94. The maximum Gasteiger partial charge on any atom is 0.162 e. The van der Waals surface area contributed by atoms with Gasteiger partial charge in [0.05, 0.1) is 24.6 Å². The zero-order valence-corrected chi connectivity index (χ0v) is 21.6. The summed E-state index contributed by atoms with van der Waals surface area (Å²) in [4.78, 5) is 4.92. The normalized spacial score (nSPS) is 11.7. The SMILES string of the molecule is COc1cc2nccc(Cc3ccc(NS(=O)c4cccc(Oc5ccccc5)c4)cc3F)c2cc1OC. The predicted octanol–water partition coefficient (Wildman–Crippen LogP) is 6.91. The molecule has 192 valence electrons. The number of methoxy groups -OCH3 is 2. The summed E-state index contributed by atoms with van der Waals surface area (Å²) in [5.41, 5.74) is 2.54. The highest BCUT2D eigenvalue weighted by Crippen LogP contribution is 2.33. The molecule has 0 aliphatic rings. The van der Waals surface area contributed by atoms with Crippen molar-refractivity contribution in [3.63, 3.8) is 0 Å². The Bertz CT molecular complexity index is 1610. The minimum atomic E-state index is -1.61. The summed E-state index contributed by atoms with van der Waals surface area (Å²) in [6, 6.07) is 26.6. The van der Waals surface area contributed by atoms with E-state index in [0.717, 1.165) is 16.5 Å². The highest BCUT2D eigenvalue weighted by Gasteiger charge is 2.13. The molecule has 38 heavy (non-hydrogen) atoms. The average molecular weight is 529 g/mol. The number of nitrogens with zero attached hydrogens (tertiary/aromatic N) is 1. The highest BCUT2D eigenvalue weighted by atomic mass is 32.2. The molecule has 1 heterocycles. The molecule has 1 N–H and O–H groups in total. The number of nitrogens with one attached hydrogen (secondary N) is 1. The minimum Gasteiger partial charge on any atom is -0.493 e. The quantitative estimate of drug-likeness (QED) is 0.225. The van der Waals surface area contributed by atoms with E-state index >= 15 is 4.39 Å². The second-order valence-corrected chi connectivity index (χ2v) is 9.65. The number of fused-ring (bicyclic) bond motifs is 1. The van der Waals surface area contributed by atoms with Crippen molar-refractivity contribution in [1.82, 2.24) is 4.98 Å². The van der Waals surface area contributed by atoms with Crippen molar-refractivity contribution >= 4 is 27.6 Å². The van der Waals surface area contributed by atoms with E-state index in [-0.39, 0.29) is 0 Å². The van der Waals surface area contributed by atoms with Gasteiger partial charge in [0.25, 0.3) is 0 Å². The summed E-state index contributed by atoms with van der Waals surface area (Å²) in [7, 11) is 1.53. The molecule has 4 aromatic carbocycles. The molecule has 0 bridgehead atoms. The Morgan fingerprint density at radius 2 is 1.58 bits per heavy atom. The summed E-state index contributed by atoms with van der Waals surface area (Å²) in [5.74, 6) is 2.00. The van der Waals surface area contributed by atoms with Gasteiger partial charge in [-0.3, -0.25) is 4.98 Å². The molecule has 0 saturated heterocycles. The number of pyridine rings is 1. The van der Waals surface area contributed by atoms with Gasteiger partial charge in [0.2, 0.25) is 0 Å². The molecular weight excluding hydrogens is 503 g/mol. The smallest absolute Gasteiger partial charge is 0.162 e. The van der Waals surface area contributed by atoms with E-state index in [1.54, 1.807) is 62.9 Å². The molecule has 0 aliphatic carbocycles. The number of para-hydroxylation sites is 1. The molecule has 5 aromatic rings. The van der Waals surface area contributed by atoms with E-state index in [0.29, 0.717) is 45.6 Å². The number of halogens is 1. The minimum absolute atomic E-state index is 0.350.